The van der Waals surface area contributed by atoms with E-state index >= 15 is 0 Å². The first-order valence-electron chi connectivity index (χ1n) is 11.5. The molecule has 6 nitrogen and oxygen atoms in total. The van der Waals surface area contributed by atoms with Gasteiger partial charge in [-0.25, -0.2) is 9.18 Å². The number of piperazine rings is 1. The highest BCUT2D eigenvalue weighted by molar-refractivity contribution is 5.73. The lowest BCUT2D eigenvalue weighted by Gasteiger charge is -2.33. The fourth-order valence-electron chi connectivity index (χ4n) is 3.80. The number of nitrogens with one attached hydrogen (secondary N) is 2. The van der Waals surface area contributed by atoms with Gasteiger partial charge in [-0.2, -0.15) is 0 Å². The fourth-order valence-corrected chi connectivity index (χ4v) is 3.80. The predicted molar refractivity (Wildman–Crippen MR) is 126 cm³/mol. The van der Waals surface area contributed by atoms with Gasteiger partial charge in [-0.15, -0.1) is 0 Å². The Balaban J connectivity index is 1.30. The second kappa shape index (κ2) is 12.4. The van der Waals surface area contributed by atoms with Gasteiger partial charge in [0, 0.05) is 39.3 Å². The largest absolute Gasteiger partial charge is 0.457 e. The van der Waals surface area contributed by atoms with E-state index in [9.17, 15) is 9.18 Å². The summed E-state index contributed by atoms with van der Waals surface area (Å²) >= 11 is 0. The molecule has 3 rings (SSSR count). The lowest BCUT2D eigenvalue weighted by atomic mass is 10.1. The Morgan fingerprint density at radius 1 is 1.00 bits per heavy atom. The third-order valence-corrected chi connectivity index (χ3v) is 5.83. The number of halogens is 1. The predicted octanol–water partition coefficient (Wildman–Crippen LogP) is 4.14. The van der Waals surface area contributed by atoms with E-state index < -0.39 is 0 Å². The number of urea groups is 1. The van der Waals surface area contributed by atoms with Crippen molar-refractivity contribution in [2.75, 3.05) is 45.8 Å². The fraction of sp³-hybridized carbons (Fsp3) is 0.480. The molecule has 0 unspecified atom stereocenters. The standard InChI is InChI=1S/C25H35FN4O2/c1-3-29-14-16-30(17-15-29)13-5-4-12-27-25(31)28-19-21-6-11-24(20(2)18-21)32-23-9-7-22(26)8-10-23/h6-11,18H,3-5,12-17,19H2,1-2H3,(H2,27,28,31). The van der Waals surface area contributed by atoms with E-state index in [0.717, 1.165) is 63.2 Å². The van der Waals surface area contributed by atoms with E-state index in [2.05, 4.69) is 27.4 Å². The van der Waals surface area contributed by atoms with Crippen molar-refractivity contribution >= 4 is 6.03 Å². The van der Waals surface area contributed by atoms with E-state index in [1.807, 2.05) is 25.1 Å². The smallest absolute Gasteiger partial charge is 0.315 e. The summed E-state index contributed by atoms with van der Waals surface area (Å²) in [7, 11) is 0. The molecule has 2 amide bonds. The zero-order valence-corrected chi connectivity index (χ0v) is 19.2. The van der Waals surface area contributed by atoms with Gasteiger partial charge >= 0.3 is 6.03 Å². The molecule has 174 valence electrons. The maximum Gasteiger partial charge on any atom is 0.315 e. The SMILES string of the molecule is CCN1CCN(CCCCNC(=O)NCc2ccc(Oc3ccc(F)cc3)c(C)c2)CC1. The molecule has 32 heavy (non-hydrogen) atoms. The van der Waals surface area contributed by atoms with Gasteiger partial charge in [0.05, 0.1) is 0 Å². The first kappa shape index (κ1) is 24.0. The number of hydrogen-bond donors (Lipinski definition) is 2. The minimum Gasteiger partial charge on any atom is -0.457 e. The molecular weight excluding hydrogens is 407 g/mol. The van der Waals surface area contributed by atoms with Crippen molar-refractivity contribution in [2.45, 2.75) is 33.2 Å². The van der Waals surface area contributed by atoms with Crippen LogP contribution in [0.15, 0.2) is 42.5 Å². The molecule has 1 saturated heterocycles. The Morgan fingerprint density at radius 3 is 2.41 bits per heavy atom. The monoisotopic (exact) mass is 442 g/mol. The number of aryl methyl sites for hydroxylation is 1. The molecule has 0 spiro atoms. The van der Waals surface area contributed by atoms with Crippen molar-refractivity contribution in [2.24, 2.45) is 0 Å². The van der Waals surface area contributed by atoms with Crippen LogP contribution in [0.5, 0.6) is 11.5 Å². The summed E-state index contributed by atoms with van der Waals surface area (Å²) in [6.07, 6.45) is 2.08. The second-order valence-corrected chi connectivity index (χ2v) is 8.25. The zero-order chi connectivity index (χ0) is 22.8. The van der Waals surface area contributed by atoms with Gasteiger partial charge in [0.2, 0.25) is 0 Å². The molecule has 0 aliphatic carbocycles. The quantitative estimate of drug-likeness (QED) is 0.543. The molecule has 1 fully saturated rings. The van der Waals surface area contributed by atoms with Crippen LogP contribution in [0, 0.1) is 12.7 Å². The molecule has 2 N–H and O–H groups in total. The van der Waals surface area contributed by atoms with Gasteiger partial charge in [0.1, 0.15) is 17.3 Å². The molecule has 0 radical (unpaired) electrons. The lowest BCUT2D eigenvalue weighted by molar-refractivity contribution is 0.135. The van der Waals surface area contributed by atoms with Gasteiger partial charge in [-0.1, -0.05) is 19.1 Å². The number of ether oxygens (including phenoxy) is 1. The van der Waals surface area contributed by atoms with Crippen LogP contribution in [-0.2, 0) is 6.54 Å². The van der Waals surface area contributed by atoms with Crippen LogP contribution >= 0.6 is 0 Å². The molecule has 1 heterocycles. The molecule has 1 aliphatic rings. The molecule has 0 atom stereocenters. The molecule has 0 aromatic heterocycles. The van der Waals surface area contributed by atoms with Gasteiger partial charge in [0.15, 0.2) is 0 Å². The summed E-state index contributed by atoms with van der Waals surface area (Å²) in [4.78, 5) is 17.1. The van der Waals surface area contributed by atoms with Crippen LogP contribution < -0.4 is 15.4 Å². The van der Waals surface area contributed by atoms with Crippen LogP contribution in [0.25, 0.3) is 0 Å². The van der Waals surface area contributed by atoms with Crippen molar-refractivity contribution in [1.29, 1.82) is 0 Å². The van der Waals surface area contributed by atoms with E-state index in [1.165, 1.54) is 12.1 Å². The minimum absolute atomic E-state index is 0.147. The highest BCUT2D eigenvalue weighted by atomic mass is 19.1. The number of rotatable bonds is 10. The Bertz CT molecular complexity index is 852. The molecule has 7 heteroatoms. The molecular formula is C25H35FN4O2. The maximum absolute atomic E-state index is 13.0. The van der Waals surface area contributed by atoms with Crippen molar-refractivity contribution in [1.82, 2.24) is 20.4 Å². The van der Waals surface area contributed by atoms with E-state index in [4.69, 9.17) is 4.74 Å². The third-order valence-electron chi connectivity index (χ3n) is 5.83. The van der Waals surface area contributed by atoms with Crippen molar-refractivity contribution < 1.29 is 13.9 Å². The minimum atomic E-state index is -0.292. The Hall–Kier alpha value is -2.64. The Kier molecular flexibility index (Phi) is 9.31. The Labute approximate surface area is 190 Å². The van der Waals surface area contributed by atoms with Gasteiger partial charge < -0.3 is 25.2 Å². The number of hydrogen-bond acceptors (Lipinski definition) is 4. The number of likely N-dealkylation sites (N-methyl/N-ethyl adjacent to an activating group) is 1. The van der Waals surface area contributed by atoms with Crippen LogP contribution in [-0.4, -0.2) is 61.6 Å². The van der Waals surface area contributed by atoms with Crippen LogP contribution in [0.2, 0.25) is 0 Å². The van der Waals surface area contributed by atoms with Crippen molar-refractivity contribution in [3.8, 4) is 11.5 Å². The zero-order valence-electron chi connectivity index (χ0n) is 19.2. The van der Waals surface area contributed by atoms with Gasteiger partial charge in [-0.3, -0.25) is 0 Å². The average molecular weight is 443 g/mol. The summed E-state index contributed by atoms with van der Waals surface area (Å²) < 4.78 is 18.8. The number of benzene rings is 2. The lowest BCUT2D eigenvalue weighted by Crippen LogP contribution is -2.46. The van der Waals surface area contributed by atoms with E-state index in [-0.39, 0.29) is 11.8 Å². The number of nitrogens with zero attached hydrogens (tertiary/aromatic N) is 2. The van der Waals surface area contributed by atoms with Crippen molar-refractivity contribution in [3.63, 3.8) is 0 Å². The summed E-state index contributed by atoms with van der Waals surface area (Å²) in [5.41, 5.74) is 1.95. The third kappa shape index (κ3) is 7.80. The highest BCUT2D eigenvalue weighted by Gasteiger charge is 2.14. The van der Waals surface area contributed by atoms with Gasteiger partial charge in [-0.05, 0) is 74.3 Å². The topological polar surface area (TPSA) is 56.8 Å². The second-order valence-electron chi connectivity index (χ2n) is 8.25. The number of unbranched alkanes of at least 4 members (excludes halogenated alkanes) is 1. The number of carbonyl (C=O) groups is 1. The molecule has 2 aromatic rings. The Morgan fingerprint density at radius 2 is 1.72 bits per heavy atom. The number of amides is 2. The average Bonchev–Trinajstić information content (AvgIpc) is 2.81. The van der Waals surface area contributed by atoms with E-state index in [0.29, 0.717) is 24.6 Å². The summed E-state index contributed by atoms with van der Waals surface area (Å²) in [6.45, 7) is 12.2. The van der Waals surface area contributed by atoms with E-state index in [1.54, 1.807) is 12.1 Å². The first-order chi connectivity index (χ1) is 15.5. The maximum atomic E-state index is 13.0. The normalized spacial score (nSPS) is 14.8. The summed E-state index contributed by atoms with van der Waals surface area (Å²) in [5, 5.41) is 5.84. The highest BCUT2D eigenvalue weighted by Crippen LogP contribution is 2.25. The summed E-state index contributed by atoms with van der Waals surface area (Å²) in [6, 6.07) is 11.6. The first-order valence-corrected chi connectivity index (χ1v) is 11.5. The molecule has 0 bridgehead atoms. The van der Waals surface area contributed by atoms with Gasteiger partial charge in [0.25, 0.3) is 0 Å². The number of carbonyl (C=O) groups excluding carboxylic acids is 1. The summed E-state index contributed by atoms with van der Waals surface area (Å²) in [5.74, 6) is 1.00. The van der Waals surface area contributed by atoms with Crippen LogP contribution in [0.4, 0.5) is 9.18 Å². The van der Waals surface area contributed by atoms with Crippen LogP contribution in [0.1, 0.15) is 30.9 Å². The molecule has 0 saturated carbocycles. The molecule has 2 aromatic carbocycles. The van der Waals surface area contributed by atoms with Crippen LogP contribution in [0.3, 0.4) is 0 Å². The molecule has 1 aliphatic heterocycles. The van der Waals surface area contributed by atoms with Crippen molar-refractivity contribution in [3.05, 3.63) is 59.4 Å².